The van der Waals surface area contributed by atoms with Crippen molar-refractivity contribution in [3.8, 4) is 0 Å². The number of amides is 3. The highest BCUT2D eigenvalue weighted by atomic mass is 35.5. The first-order valence-corrected chi connectivity index (χ1v) is 8.18. The van der Waals surface area contributed by atoms with E-state index in [1.165, 1.54) is 0 Å². The second kappa shape index (κ2) is 8.74. The first kappa shape index (κ1) is 17.6. The van der Waals surface area contributed by atoms with Gasteiger partial charge < -0.3 is 20.7 Å². The van der Waals surface area contributed by atoms with Gasteiger partial charge in [-0.3, -0.25) is 4.79 Å². The molecule has 3 N–H and O–H groups in total. The predicted molar refractivity (Wildman–Crippen MR) is 90.9 cm³/mol. The highest BCUT2D eigenvalue weighted by molar-refractivity contribution is 6.33. The minimum Gasteiger partial charge on any atom is -0.381 e. The van der Waals surface area contributed by atoms with E-state index in [4.69, 9.17) is 16.3 Å². The third kappa shape index (κ3) is 5.73. The van der Waals surface area contributed by atoms with Crippen molar-refractivity contribution in [2.75, 3.05) is 30.4 Å². The van der Waals surface area contributed by atoms with Crippen LogP contribution in [0.2, 0.25) is 5.02 Å². The van der Waals surface area contributed by atoms with Crippen LogP contribution in [0.25, 0.3) is 0 Å². The summed E-state index contributed by atoms with van der Waals surface area (Å²) in [7, 11) is 0. The quantitative estimate of drug-likeness (QED) is 0.770. The molecular formula is C16H22ClN3O3. The fourth-order valence-corrected chi connectivity index (χ4v) is 2.47. The zero-order valence-electron chi connectivity index (χ0n) is 13.2. The molecule has 0 unspecified atom stereocenters. The number of hydrogen-bond acceptors (Lipinski definition) is 3. The third-order valence-corrected chi connectivity index (χ3v) is 4.04. The fourth-order valence-electron chi connectivity index (χ4n) is 2.30. The Morgan fingerprint density at radius 1 is 1.26 bits per heavy atom. The maximum absolute atomic E-state index is 12.0. The van der Waals surface area contributed by atoms with Crippen molar-refractivity contribution in [3.05, 3.63) is 23.2 Å². The second-order valence-corrected chi connectivity index (χ2v) is 5.89. The lowest BCUT2D eigenvalue weighted by Crippen LogP contribution is -2.35. The molecule has 1 heterocycles. The number of rotatable bonds is 5. The van der Waals surface area contributed by atoms with E-state index in [-0.39, 0.29) is 11.9 Å². The van der Waals surface area contributed by atoms with Crippen molar-refractivity contribution in [2.45, 2.75) is 26.2 Å². The van der Waals surface area contributed by atoms with Crippen LogP contribution in [0.1, 0.15) is 26.2 Å². The van der Waals surface area contributed by atoms with Crippen molar-refractivity contribution in [1.82, 2.24) is 5.32 Å². The molecule has 1 aromatic carbocycles. The van der Waals surface area contributed by atoms with Crippen molar-refractivity contribution in [2.24, 2.45) is 5.92 Å². The number of ether oxygens (including phenoxy) is 1. The van der Waals surface area contributed by atoms with Gasteiger partial charge >= 0.3 is 6.03 Å². The fraction of sp³-hybridized carbons (Fsp3) is 0.500. The molecule has 1 aliphatic heterocycles. The number of anilines is 2. The molecule has 0 aromatic heterocycles. The van der Waals surface area contributed by atoms with Gasteiger partial charge in [0.25, 0.3) is 0 Å². The lowest BCUT2D eigenvalue weighted by atomic mass is 10.0. The SMILES string of the molecule is CCC(=O)Nc1ccc(Cl)c(NC(=O)NCC2CCOCC2)c1. The molecule has 23 heavy (non-hydrogen) atoms. The molecule has 0 saturated carbocycles. The summed E-state index contributed by atoms with van der Waals surface area (Å²) in [6, 6.07) is 4.67. The molecule has 3 amide bonds. The van der Waals surface area contributed by atoms with Crippen LogP contribution in [0, 0.1) is 5.92 Å². The van der Waals surface area contributed by atoms with E-state index in [9.17, 15) is 9.59 Å². The van der Waals surface area contributed by atoms with E-state index >= 15 is 0 Å². The van der Waals surface area contributed by atoms with Gasteiger partial charge in [0.05, 0.1) is 10.7 Å². The van der Waals surface area contributed by atoms with Gasteiger partial charge in [-0.25, -0.2) is 4.79 Å². The molecule has 0 bridgehead atoms. The first-order chi connectivity index (χ1) is 11.1. The van der Waals surface area contributed by atoms with E-state index in [0.717, 1.165) is 26.1 Å². The molecule has 6 nitrogen and oxygen atoms in total. The average Bonchev–Trinajstić information content (AvgIpc) is 2.57. The Balaban J connectivity index is 1.88. The van der Waals surface area contributed by atoms with Crippen molar-refractivity contribution >= 4 is 34.9 Å². The molecule has 0 atom stereocenters. The van der Waals surface area contributed by atoms with Crippen LogP contribution in [-0.2, 0) is 9.53 Å². The predicted octanol–water partition coefficient (Wildman–Crippen LogP) is 3.24. The zero-order valence-corrected chi connectivity index (χ0v) is 13.9. The van der Waals surface area contributed by atoms with Gasteiger partial charge in [-0.05, 0) is 37.0 Å². The van der Waals surface area contributed by atoms with E-state index in [1.807, 2.05) is 0 Å². The van der Waals surface area contributed by atoms with Gasteiger partial charge in [-0.1, -0.05) is 18.5 Å². The Labute approximate surface area is 140 Å². The highest BCUT2D eigenvalue weighted by Crippen LogP contribution is 2.25. The van der Waals surface area contributed by atoms with Crippen LogP contribution < -0.4 is 16.0 Å². The Bertz CT molecular complexity index is 560. The summed E-state index contributed by atoms with van der Waals surface area (Å²) < 4.78 is 5.29. The lowest BCUT2D eigenvalue weighted by molar-refractivity contribution is -0.115. The Morgan fingerprint density at radius 3 is 2.70 bits per heavy atom. The van der Waals surface area contributed by atoms with Crippen LogP contribution in [0.4, 0.5) is 16.2 Å². The summed E-state index contributed by atoms with van der Waals surface area (Å²) in [5.41, 5.74) is 1.06. The van der Waals surface area contributed by atoms with E-state index < -0.39 is 0 Å². The summed E-state index contributed by atoms with van der Waals surface area (Å²) in [6.45, 7) is 3.88. The number of carbonyl (C=O) groups is 2. The summed E-state index contributed by atoms with van der Waals surface area (Å²) in [5, 5.41) is 8.72. The molecule has 0 aliphatic carbocycles. The minimum absolute atomic E-state index is 0.0951. The first-order valence-electron chi connectivity index (χ1n) is 7.80. The molecule has 1 aliphatic rings. The van der Waals surface area contributed by atoms with Gasteiger partial charge in [-0.15, -0.1) is 0 Å². The zero-order chi connectivity index (χ0) is 16.7. The Kier molecular flexibility index (Phi) is 6.67. The van der Waals surface area contributed by atoms with Gasteiger partial charge in [0, 0.05) is 31.9 Å². The molecule has 126 valence electrons. The minimum atomic E-state index is -0.308. The van der Waals surface area contributed by atoms with E-state index in [2.05, 4.69) is 16.0 Å². The summed E-state index contributed by atoms with van der Waals surface area (Å²) >= 11 is 6.09. The normalized spacial score (nSPS) is 15.0. The number of nitrogens with one attached hydrogen (secondary N) is 3. The molecule has 0 spiro atoms. The van der Waals surface area contributed by atoms with Gasteiger partial charge in [0.1, 0.15) is 0 Å². The largest absolute Gasteiger partial charge is 0.381 e. The van der Waals surface area contributed by atoms with E-state index in [1.54, 1.807) is 25.1 Å². The maximum Gasteiger partial charge on any atom is 0.319 e. The van der Waals surface area contributed by atoms with Crippen LogP contribution in [0.3, 0.4) is 0 Å². The van der Waals surface area contributed by atoms with Crippen LogP contribution in [0.15, 0.2) is 18.2 Å². The smallest absolute Gasteiger partial charge is 0.319 e. The van der Waals surface area contributed by atoms with Gasteiger partial charge in [0.2, 0.25) is 5.91 Å². The number of carbonyl (C=O) groups excluding carboxylic acids is 2. The van der Waals surface area contributed by atoms with Crippen molar-refractivity contribution in [3.63, 3.8) is 0 Å². The monoisotopic (exact) mass is 339 g/mol. The molecule has 0 radical (unpaired) electrons. The van der Waals surface area contributed by atoms with Crippen molar-refractivity contribution in [1.29, 1.82) is 0 Å². The number of hydrogen-bond donors (Lipinski definition) is 3. The van der Waals surface area contributed by atoms with Gasteiger partial charge in [0.15, 0.2) is 0 Å². The summed E-state index contributed by atoms with van der Waals surface area (Å²) in [4.78, 5) is 23.4. The van der Waals surface area contributed by atoms with Gasteiger partial charge in [-0.2, -0.15) is 0 Å². The Morgan fingerprint density at radius 2 is 2.00 bits per heavy atom. The molecular weight excluding hydrogens is 318 g/mol. The third-order valence-electron chi connectivity index (χ3n) is 3.71. The average molecular weight is 340 g/mol. The molecule has 1 fully saturated rings. The lowest BCUT2D eigenvalue weighted by Gasteiger charge is -2.22. The maximum atomic E-state index is 12.0. The number of halogens is 1. The van der Waals surface area contributed by atoms with Crippen LogP contribution in [-0.4, -0.2) is 31.7 Å². The van der Waals surface area contributed by atoms with E-state index in [0.29, 0.717) is 35.3 Å². The van der Waals surface area contributed by atoms with Crippen LogP contribution >= 0.6 is 11.6 Å². The number of benzene rings is 1. The Hall–Kier alpha value is -1.79. The van der Waals surface area contributed by atoms with Crippen LogP contribution in [0.5, 0.6) is 0 Å². The van der Waals surface area contributed by atoms with Crippen molar-refractivity contribution < 1.29 is 14.3 Å². The molecule has 1 saturated heterocycles. The molecule has 2 rings (SSSR count). The standard InChI is InChI=1S/C16H22ClN3O3/c1-2-15(21)19-12-3-4-13(17)14(9-12)20-16(22)18-10-11-5-7-23-8-6-11/h3-4,9,11H,2,5-8,10H2,1H3,(H,19,21)(H2,18,20,22). The summed E-state index contributed by atoms with van der Waals surface area (Å²) in [5.74, 6) is 0.349. The molecule has 7 heteroatoms. The highest BCUT2D eigenvalue weighted by Gasteiger charge is 2.15. The second-order valence-electron chi connectivity index (χ2n) is 5.49. The molecule has 1 aromatic rings. The topological polar surface area (TPSA) is 79.5 Å². The summed E-state index contributed by atoms with van der Waals surface area (Å²) in [6.07, 6.45) is 2.30. The number of urea groups is 1.